The van der Waals surface area contributed by atoms with Gasteiger partial charge in [0.25, 0.3) is 0 Å². The van der Waals surface area contributed by atoms with Gasteiger partial charge in [0.1, 0.15) is 6.07 Å². The number of benzene rings is 1. The molecule has 0 unspecified atom stereocenters. The van der Waals surface area contributed by atoms with Gasteiger partial charge in [-0.15, -0.1) is 0 Å². The van der Waals surface area contributed by atoms with Crippen molar-refractivity contribution in [2.45, 2.75) is 6.92 Å². The maximum Gasteiger partial charge on any atom is 0.340 e. The third kappa shape index (κ3) is 2.69. The van der Waals surface area contributed by atoms with Gasteiger partial charge < -0.3 is 4.74 Å². The highest BCUT2D eigenvalue weighted by Gasteiger charge is 2.18. The van der Waals surface area contributed by atoms with E-state index >= 15 is 0 Å². The maximum atomic E-state index is 11.6. The molecule has 0 N–H and O–H groups in total. The predicted octanol–water partition coefficient (Wildman–Crippen LogP) is 3.10. The fourth-order valence-corrected chi connectivity index (χ4v) is 2.13. The average Bonchev–Trinajstić information content (AvgIpc) is 2.21. The molecule has 0 saturated carbocycles. The van der Waals surface area contributed by atoms with E-state index in [1.165, 1.54) is 0 Å². The fraction of sp³-hybridized carbons (Fsp3) is 0.200. The first-order valence-corrected chi connectivity index (χ1v) is 6.04. The molecule has 0 atom stereocenters. The van der Waals surface area contributed by atoms with Crippen LogP contribution < -0.4 is 0 Å². The van der Waals surface area contributed by atoms with Gasteiger partial charge in [-0.2, -0.15) is 5.26 Å². The lowest BCUT2D eigenvalue weighted by atomic mass is 10.1. The van der Waals surface area contributed by atoms with Gasteiger partial charge >= 0.3 is 5.97 Å². The first-order valence-electron chi connectivity index (χ1n) is 4.17. The number of ether oxygens (including phenoxy) is 1. The molecule has 0 aliphatic rings. The first-order chi connectivity index (χ1) is 7.11. The molecule has 0 aliphatic carbocycles. The first kappa shape index (κ1) is 12.5. The maximum absolute atomic E-state index is 11.6. The highest BCUT2D eigenvalue weighted by molar-refractivity contribution is 14.1. The Morgan fingerprint density at radius 3 is 2.87 bits per heavy atom. The second kappa shape index (κ2) is 5.47. The van der Waals surface area contributed by atoms with Gasteiger partial charge in [0.15, 0.2) is 0 Å². The van der Waals surface area contributed by atoms with Gasteiger partial charge in [0.2, 0.25) is 0 Å². The fourth-order valence-electron chi connectivity index (χ4n) is 1.06. The van der Waals surface area contributed by atoms with E-state index in [0.29, 0.717) is 22.2 Å². The summed E-state index contributed by atoms with van der Waals surface area (Å²) in [5.41, 5.74) is 0.648. The number of halogens is 2. The van der Waals surface area contributed by atoms with Crippen molar-refractivity contribution in [3.05, 3.63) is 31.3 Å². The van der Waals surface area contributed by atoms with E-state index in [4.69, 9.17) is 10.00 Å². The summed E-state index contributed by atoms with van der Waals surface area (Å²) < 4.78 is 6.20. The van der Waals surface area contributed by atoms with E-state index in [1.807, 2.05) is 28.7 Å². The summed E-state index contributed by atoms with van der Waals surface area (Å²) in [7, 11) is 0. The Bertz CT molecular complexity index is 440. The molecule has 0 fully saturated rings. The number of rotatable bonds is 2. The van der Waals surface area contributed by atoms with Crippen molar-refractivity contribution in [1.29, 1.82) is 5.26 Å². The normalized spacial score (nSPS) is 9.47. The van der Waals surface area contributed by atoms with E-state index in [-0.39, 0.29) is 0 Å². The van der Waals surface area contributed by atoms with Gasteiger partial charge in [-0.05, 0) is 57.6 Å². The van der Waals surface area contributed by atoms with Crippen LogP contribution in [0.15, 0.2) is 16.6 Å². The molecule has 0 heterocycles. The molecule has 78 valence electrons. The van der Waals surface area contributed by atoms with Crippen LogP contribution in [0.4, 0.5) is 0 Å². The van der Waals surface area contributed by atoms with Gasteiger partial charge in [-0.3, -0.25) is 0 Å². The summed E-state index contributed by atoms with van der Waals surface area (Å²) in [6.45, 7) is 2.02. The number of nitriles is 1. The smallest absolute Gasteiger partial charge is 0.340 e. The zero-order valence-electron chi connectivity index (χ0n) is 7.88. The van der Waals surface area contributed by atoms with E-state index in [0.717, 1.165) is 3.57 Å². The van der Waals surface area contributed by atoms with Crippen LogP contribution in [0, 0.1) is 14.9 Å². The lowest BCUT2D eigenvalue weighted by Crippen LogP contribution is -2.09. The Morgan fingerprint density at radius 1 is 1.67 bits per heavy atom. The Morgan fingerprint density at radius 2 is 2.33 bits per heavy atom. The van der Waals surface area contributed by atoms with Crippen LogP contribution in [0.25, 0.3) is 0 Å². The molecule has 5 heteroatoms. The minimum absolute atomic E-state index is 0.293. The zero-order chi connectivity index (χ0) is 11.4. The summed E-state index contributed by atoms with van der Waals surface area (Å²) in [6.07, 6.45) is 0. The highest BCUT2D eigenvalue weighted by atomic mass is 127. The zero-order valence-corrected chi connectivity index (χ0v) is 11.6. The summed E-state index contributed by atoms with van der Waals surface area (Å²) in [5, 5.41) is 8.96. The quantitative estimate of drug-likeness (QED) is 0.586. The second-order valence-electron chi connectivity index (χ2n) is 2.61. The number of nitrogens with zero attached hydrogens (tertiary/aromatic N) is 1. The van der Waals surface area contributed by atoms with Crippen molar-refractivity contribution in [2.75, 3.05) is 6.61 Å². The van der Waals surface area contributed by atoms with Gasteiger partial charge in [-0.1, -0.05) is 0 Å². The molecular formula is C10H7BrINO2. The van der Waals surface area contributed by atoms with Crippen LogP contribution in [-0.4, -0.2) is 12.6 Å². The second-order valence-corrected chi connectivity index (χ2v) is 4.63. The van der Waals surface area contributed by atoms with Crippen LogP contribution >= 0.6 is 38.5 Å². The standard InChI is InChI=1S/C10H7BrINO2/c1-2-15-10(14)9-6(5-13)8(12)4-3-7(9)11/h3-4H,2H2,1H3. The van der Waals surface area contributed by atoms with Crippen molar-refractivity contribution >= 4 is 44.5 Å². The van der Waals surface area contributed by atoms with Gasteiger partial charge in [-0.25, -0.2) is 4.79 Å². The van der Waals surface area contributed by atoms with Crippen LogP contribution in [-0.2, 0) is 4.74 Å². The number of carbonyl (C=O) groups is 1. The predicted molar refractivity (Wildman–Crippen MR) is 67.5 cm³/mol. The number of esters is 1. The summed E-state index contributed by atoms with van der Waals surface area (Å²) in [4.78, 5) is 11.6. The third-order valence-electron chi connectivity index (χ3n) is 1.70. The molecule has 0 bridgehead atoms. The van der Waals surface area contributed by atoms with Crippen molar-refractivity contribution in [3.63, 3.8) is 0 Å². The van der Waals surface area contributed by atoms with E-state index in [1.54, 1.807) is 19.1 Å². The lowest BCUT2D eigenvalue weighted by Gasteiger charge is -2.07. The number of hydrogen-bond acceptors (Lipinski definition) is 3. The Labute approximate surface area is 110 Å². The van der Waals surface area contributed by atoms with Crippen LogP contribution in [0.1, 0.15) is 22.8 Å². The molecule has 0 aromatic heterocycles. The molecule has 3 nitrogen and oxygen atoms in total. The number of hydrogen-bond donors (Lipinski definition) is 0. The Balaban J connectivity index is 3.33. The molecule has 0 spiro atoms. The van der Waals surface area contributed by atoms with Crippen LogP contribution in [0.3, 0.4) is 0 Å². The highest BCUT2D eigenvalue weighted by Crippen LogP contribution is 2.25. The monoisotopic (exact) mass is 379 g/mol. The largest absolute Gasteiger partial charge is 0.462 e. The molecule has 1 aromatic rings. The third-order valence-corrected chi connectivity index (χ3v) is 3.25. The van der Waals surface area contributed by atoms with Crippen LogP contribution in [0.2, 0.25) is 0 Å². The molecule has 0 aliphatic heterocycles. The van der Waals surface area contributed by atoms with Gasteiger partial charge in [0.05, 0.1) is 17.7 Å². The number of carbonyl (C=O) groups excluding carboxylic acids is 1. The van der Waals surface area contributed by atoms with E-state index < -0.39 is 5.97 Å². The Hall–Kier alpha value is -0.610. The van der Waals surface area contributed by atoms with Gasteiger partial charge in [0, 0.05) is 8.04 Å². The molecule has 0 radical (unpaired) electrons. The van der Waals surface area contributed by atoms with Crippen LogP contribution in [0.5, 0.6) is 0 Å². The summed E-state index contributed by atoms with van der Waals surface area (Å²) in [5.74, 6) is -0.473. The average molecular weight is 380 g/mol. The molecule has 0 amide bonds. The van der Waals surface area contributed by atoms with E-state index in [9.17, 15) is 4.79 Å². The minimum atomic E-state index is -0.473. The van der Waals surface area contributed by atoms with Crippen molar-refractivity contribution < 1.29 is 9.53 Å². The summed E-state index contributed by atoms with van der Waals surface area (Å²) >= 11 is 5.25. The van der Waals surface area contributed by atoms with Crippen molar-refractivity contribution in [1.82, 2.24) is 0 Å². The lowest BCUT2D eigenvalue weighted by molar-refractivity contribution is 0.0525. The minimum Gasteiger partial charge on any atom is -0.462 e. The molecule has 15 heavy (non-hydrogen) atoms. The Kier molecular flexibility index (Phi) is 4.54. The molecule has 0 saturated heterocycles. The van der Waals surface area contributed by atoms with Crippen molar-refractivity contribution in [3.8, 4) is 6.07 Å². The molecule has 1 rings (SSSR count). The van der Waals surface area contributed by atoms with E-state index in [2.05, 4.69) is 15.9 Å². The summed E-state index contributed by atoms with van der Waals surface area (Å²) in [6, 6.07) is 5.51. The molecule has 1 aromatic carbocycles. The SMILES string of the molecule is CCOC(=O)c1c(Br)ccc(I)c1C#N. The van der Waals surface area contributed by atoms with Crippen molar-refractivity contribution in [2.24, 2.45) is 0 Å². The molecular weight excluding hydrogens is 373 g/mol. The topological polar surface area (TPSA) is 50.1 Å².